The zero-order valence-electron chi connectivity index (χ0n) is 6.55. The Morgan fingerprint density at radius 1 is 1.73 bits per heavy atom. The molecule has 0 rings (SSSR count). The highest BCUT2D eigenvalue weighted by molar-refractivity contribution is 5.81. The van der Waals surface area contributed by atoms with E-state index in [2.05, 4.69) is 11.9 Å². The molecule has 5 N–H and O–H groups in total. The van der Waals surface area contributed by atoms with Crippen LogP contribution in [0.1, 0.15) is 6.42 Å². The fourth-order valence-corrected chi connectivity index (χ4v) is 0.613. The van der Waals surface area contributed by atoms with E-state index in [1.54, 1.807) is 6.08 Å². The number of nitrogens with two attached hydrogens (primary N) is 2. The third kappa shape index (κ3) is 4.52. The molecule has 4 nitrogen and oxygen atoms in total. The van der Waals surface area contributed by atoms with Gasteiger partial charge in [0.15, 0.2) is 0 Å². The van der Waals surface area contributed by atoms with Crippen molar-refractivity contribution in [3.05, 3.63) is 12.7 Å². The summed E-state index contributed by atoms with van der Waals surface area (Å²) in [5.41, 5.74) is 10.6. The summed E-state index contributed by atoms with van der Waals surface area (Å²) in [7, 11) is 0. The van der Waals surface area contributed by atoms with E-state index in [4.69, 9.17) is 11.5 Å². The molecular weight excluding hydrogens is 142 g/mol. The van der Waals surface area contributed by atoms with Gasteiger partial charge < -0.3 is 16.8 Å². The molecule has 0 aromatic rings. The number of amides is 1. The van der Waals surface area contributed by atoms with Crippen molar-refractivity contribution in [3.8, 4) is 0 Å². The molecular formula is C7H15N3O. The summed E-state index contributed by atoms with van der Waals surface area (Å²) in [6, 6.07) is -0.487. The first-order valence-electron chi connectivity index (χ1n) is 3.56. The molecule has 1 amide bonds. The fraction of sp³-hybridized carbons (Fsp3) is 0.571. The maximum Gasteiger partial charge on any atom is 0.237 e. The largest absolute Gasteiger partial charge is 0.353 e. The Balaban J connectivity index is 3.54. The van der Waals surface area contributed by atoms with Gasteiger partial charge in [0, 0.05) is 13.1 Å². The van der Waals surface area contributed by atoms with Gasteiger partial charge >= 0.3 is 0 Å². The molecule has 0 saturated heterocycles. The molecule has 0 aromatic heterocycles. The zero-order chi connectivity index (χ0) is 8.69. The van der Waals surface area contributed by atoms with Crippen molar-refractivity contribution in [2.24, 2.45) is 11.5 Å². The summed E-state index contributed by atoms with van der Waals surface area (Å²) in [6.45, 7) is 4.39. The number of hydrogen-bond donors (Lipinski definition) is 3. The average molecular weight is 157 g/mol. The monoisotopic (exact) mass is 157 g/mol. The molecule has 0 fully saturated rings. The van der Waals surface area contributed by atoms with Crippen LogP contribution in [0.2, 0.25) is 0 Å². The number of nitrogens with one attached hydrogen (secondary N) is 1. The Bertz CT molecular complexity index is 136. The molecule has 0 radical (unpaired) electrons. The summed E-state index contributed by atoms with van der Waals surface area (Å²) >= 11 is 0. The van der Waals surface area contributed by atoms with Crippen molar-refractivity contribution in [1.82, 2.24) is 5.32 Å². The van der Waals surface area contributed by atoms with Crippen molar-refractivity contribution in [2.75, 3.05) is 13.1 Å². The van der Waals surface area contributed by atoms with E-state index < -0.39 is 6.04 Å². The number of carbonyl (C=O) groups excluding carboxylic acids is 1. The Kier molecular flexibility index (Phi) is 5.42. The second-order valence-electron chi connectivity index (χ2n) is 2.21. The summed E-state index contributed by atoms with van der Waals surface area (Å²) in [5.74, 6) is -0.171. The van der Waals surface area contributed by atoms with Gasteiger partial charge in [-0.25, -0.2) is 0 Å². The molecule has 0 saturated carbocycles. The van der Waals surface area contributed by atoms with Crippen LogP contribution in [0.3, 0.4) is 0 Å². The van der Waals surface area contributed by atoms with Crippen LogP contribution < -0.4 is 16.8 Å². The highest BCUT2D eigenvalue weighted by atomic mass is 16.2. The van der Waals surface area contributed by atoms with Gasteiger partial charge in [-0.05, 0) is 6.42 Å². The van der Waals surface area contributed by atoms with Crippen molar-refractivity contribution in [1.29, 1.82) is 0 Å². The van der Waals surface area contributed by atoms with E-state index >= 15 is 0 Å². The quantitative estimate of drug-likeness (QED) is 0.446. The summed E-state index contributed by atoms with van der Waals surface area (Å²) in [5, 5.41) is 2.58. The van der Waals surface area contributed by atoms with Crippen LogP contribution in [0.4, 0.5) is 0 Å². The molecule has 0 spiro atoms. The van der Waals surface area contributed by atoms with Gasteiger partial charge in [-0.3, -0.25) is 4.79 Å². The van der Waals surface area contributed by atoms with E-state index in [0.29, 0.717) is 19.5 Å². The van der Waals surface area contributed by atoms with Crippen LogP contribution in [0, 0.1) is 0 Å². The fourth-order valence-electron chi connectivity index (χ4n) is 0.613. The van der Waals surface area contributed by atoms with Crippen LogP contribution in [0.5, 0.6) is 0 Å². The summed E-state index contributed by atoms with van der Waals surface area (Å²) < 4.78 is 0. The Labute approximate surface area is 66.6 Å². The highest BCUT2D eigenvalue weighted by Gasteiger charge is 2.09. The van der Waals surface area contributed by atoms with Gasteiger partial charge in [0.2, 0.25) is 5.91 Å². The minimum Gasteiger partial charge on any atom is -0.353 e. The second-order valence-corrected chi connectivity index (χ2v) is 2.21. The number of rotatable bonds is 5. The van der Waals surface area contributed by atoms with Crippen molar-refractivity contribution in [2.45, 2.75) is 12.5 Å². The zero-order valence-corrected chi connectivity index (χ0v) is 6.55. The van der Waals surface area contributed by atoms with E-state index in [9.17, 15) is 4.79 Å². The highest BCUT2D eigenvalue weighted by Crippen LogP contribution is 1.87. The lowest BCUT2D eigenvalue weighted by atomic mass is 10.2. The molecule has 0 bridgehead atoms. The molecule has 4 heteroatoms. The van der Waals surface area contributed by atoms with Crippen molar-refractivity contribution in [3.63, 3.8) is 0 Å². The predicted octanol–water partition coefficient (Wildman–Crippen LogP) is -1.04. The molecule has 11 heavy (non-hydrogen) atoms. The molecule has 0 aliphatic rings. The summed E-state index contributed by atoms with van der Waals surface area (Å²) in [4.78, 5) is 11.0. The molecule has 64 valence electrons. The van der Waals surface area contributed by atoms with E-state index in [1.807, 2.05) is 0 Å². The minimum absolute atomic E-state index is 0.171. The first-order chi connectivity index (χ1) is 5.22. The Morgan fingerprint density at radius 2 is 2.36 bits per heavy atom. The van der Waals surface area contributed by atoms with Crippen LogP contribution in [-0.2, 0) is 4.79 Å². The lowest BCUT2D eigenvalue weighted by molar-refractivity contribution is -0.122. The molecule has 0 aliphatic carbocycles. The van der Waals surface area contributed by atoms with Crippen LogP contribution in [-0.4, -0.2) is 25.0 Å². The van der Waals surface area contributed by atoms with E-state index in [-0.39, 0.29) is 5.91 Å². The Hall–Kier alpha value is -0.870. The van der Waals surface area contributed by atoms with Gasteiger partial charge in [0.05, 0.1) is 6.04 Å². The molecule has 1 atom stereocenters. The third-order valence-electron chi connectivity index (χ3n) is 1.20. The smallest absolute Gasteiger partial charge is 0.237 e. The standard InChI is InChI=1S/C7H15N3O/c1-2-3-6(9)7(11)10-5-4-8/h2,6H,1,3-5,8-9H2,(H,10,11). The van der Waals surface area contributed by atoms with E-state index in [1.165, 1.54) is 0 Å². The predicted molar refractivity (Wildman–Crippen MR) is 44.9 cm³/mol. The van der Waals surface area contributed by atoms with Crippen molar-refractivity contribution < 1.29 is 4.79 Å². The number of carbonyl (C=O) groups is 1. The van der Waals surface area contributed by atoms with Gasteiger partial charge in [0.1, 0.15) is 0 Å². The lowest BCUT2D eigenvalue weighted by Gasteiger charge is -2.08. The lowest BCUT2D eigenvalue weighted by Crippen LogP contribution is -2.42. The van der Waals surface area contributed by atoms with Gasteiger partial charge in [-0.1, -0.05) is 6.08 Å². The second kappa shape index (κ2) is 5.88. The first-order valence-corrected chi connectivity index (χ1v) is 3.56. The van der Waals surface area contributed by atoms with Crippen LogP contribution in [0.15, 0.2) is 12.7 Å². The van der Waals surface area contributed by atoms with Crippen LogP contribution >= 0.6 is 0 Å². The van der Waals surface area contributed by atoms with Crippen molar-refractivity contribution >= 4 is 5.91 Å². The minimum atomic E-state index is -0.487. The molecule has 0 aromatic carbocycles. The maximum atomic E-state index is 11.0. The molecule has 0 heterocycles. The van der Waals surface area contributed by atoms with Gasteiger partial charge in [-0.2, -0.15) is 0 Å². The Morgan fingerprint density at radius 3 is 2.82 bits per heavy atom. The normalized spacial score (nSPS) is 12.2. The van der Waals surface area contributed by atoms with Crippen LogP contribution in [0.25, 0.3) is 0 Å². The van der Waals surface area contributed by atoms with E-state index in [0.717, 1.165) is 0 Å². The maximum absolute atomic E-state index is 11.0. The number of hydrogen-bond acceptors (Lipinski definition) is 3. The topological polar surface area (TPSA) is 81.1 Å². The average Bonchev–Trinajstić information content (AvgIpc) is 2.00. The molecule has 0 aliphatic heterocycles. The van der Waals surface area contributed by atoms with Gasteiger partial charge in [0.25, 0.3) is 0 Å². The SMILES string of the molecule is C=CCC(N)C(=O)NCCN. The first kappa shape index (κ1) is 10.1. The molecule has 1 unspecified atom stereocenters. The summed E-state index contributed by atoms with van der Waals surface area (Å²) in [6.07, 6.45) is 2.11. The third-order valence-corrected chi connectivity index (χ3v) is 1.20. The van der Waals surface area contributed by atoms with Gasteiger partial charge in [-0.15, -0.1) is 6.58 Å².